The summed E-state index contributed by atoms with van der Waals surface area (Å²) in [5.74, 6) is -4.00. The fourth-order valence-corrected chi connectivity index (χ4v) is 2.97. The maximum atomic E-state index is 12.1. The van der Waals surface area contributed by atoms with Gasteiger partial charge >= 0.3 is 29.8 Å². The molecule has 0 saturated carbocycles. The van der Waals surface area contributed by atoms with Gasteiger partial charge in [0.15, 0.2) is 18.3 Å². The van der Waals surface area contributed by atoms with Gasteiger partial charge in [0.2, 0.25) is 5.76 Å². The molecular weight excluding hydrogens is 418 g/mol. The molecule has 0 amide bonds. The number of carbonyl (C=O) groups excluding carboxylic acids is 5. The molecule has 5 atom stereocenters. The Labute approximate surface area is 179 Å². The first-order valence-corrected chi connectivity index (χ1v) is 9.29. The zero-order chi connectivity index (χ0) is 23.7. The fourth-order valence-electron chi connectivity index (χ4n) is 2.97. The number of rotatable bonds is 9. The minimum absolute atomic E-state index is 0.309. The predicted octanol–water partition coefficient (Wildman–Crippen LogP) is -0.612. The molecule has 0 spiro atoms. The van der Waals surface area contributed by atoms with Crippen molar-refractivity contribution in [2.45, 2.75) is 58.2 Å². The van der Waals surface area contributed by atoms with Crippen LogP contribution in [0.3, 0.4) is 0 Å². The third-order valence-electron chi connectivity index (χ3n) is 4.07. The summed E-state index contributed by atoms with van der Waals surface area (Å²) in [5.41, 5.74) is 0. The molecule has 1 heterocycles. The number of esters is 5. The Balaban J connectivity index is 3.45. The van der Waals surface area contributed by atoms with E-state index < -0.39 is 66.9 Å². The SMILES string of the molecule is CNC1C(OC(C)=O)C=C(C(=O)OC)OC1C(OC(C)=O)C(COC(C)=O)OC(C)=O. The maximum absolute atomic E-state index is 12.1. The van der Waals surface area contributed by atoms with Gasteiger partial charge in [-0.2, -0.15) is 0 Å². The van der Waals surface area contributed by atoms with Crippen LogP contribution in [-0.4, -0.2) is 81.1 Å². The lowest BCUT2D eigenvalue weighted by atomic mass is 9.93. The third kappa shape index (κ3) is 7.89. The van der Waals surface area contributed by atoms with E-state index in [0.29, 0.717) is 0 Å². The van der Waals surface area contributed by atoms with Crippen LogP contribution in [-0.2, 0) is 52.4 Å². The molecule has 5 unspecified atom stereocenters. The number of nitrogens with one attached hydrogen (secondary N) is 1. The molecule has 0 aromatic carbocycles. The van der Waals surface area contributed by atoms with E-state index in [2.05, 4.69) is 10.1 Å². The molecule has 0 aromatic heterocycles. The fraction of sp³-hybridized carbons (Fsp3) is 0.632. The zero-order valence-electron chi connectivity index (χ0n) is 18.2. The lowest BCUT2D eigenvalue weighted by Gasteiger charge is -2.41. The largest absolute Gasteiger partial charge is 0.477 e. The van der Waals surface area contributed by atoms with Gasteiger partial charge in [0.05, 0.1) is 13.2 Å². The van der Waals surface area contributed by atoms with Crippen molar-refractivity contribution >= 4 is 29.8 Å². The van der Waals surface area contributed by atoms with Crippen molar-refractivity contribution in [3.05, 3.63) is 11.8 Å². The molecule has 1 N–H and O–H groups in total. The van der Waals surface area contributed by atoms with Crippen molar-refractivity contribution < 1.29 is 52.4 Å². The molecular formula is C19H27NO11. The Morgan fingerprint density at radius 1 is 1.00 bits per heavy atom. The number of hydrogen-bond acceptors (Lipinski definition) is 12. The van der Waals surface area contributed by atoms with Crippen LogP contribution in [0.4, 0.5) is 0 Å². The molecule has 0 fully saturated rings. The molecule has 1 aliphatic heterocycles. The van der Waals surface area contributed by atoms with Crippen LogP contribution < -0.4 is 5.32 Å². The van der Waals surface area contributed by atoms with Gasteiger partial charge in [-0.3, -0.25) is 19.2 Å². The van der Waals surface area contributed by atoms with Crippen molar-refractivity contribution in [1.29, 1.82) is 0 Å². The lowest BCUT2D eigenvalue weighted by Crippen LogP contribution is -2.60. The first-order valence-electron chi connectivity index (χ1n) is 9.29. The summed E-state index contributed by atoms with van der Waals surface area (Å²) >= 11 is 0. The van der Waals surface area contributed by atoms with Gasteiger partial charge < -0.3 is 33.7 Å². The number of likely N-dealkylation sites (N-methyl/N-ethyl adjacent to an activating group) is 1. The Morgan fingerprint density at radius 3 is 2.06 bits per heavy atom. The van der Waals surface area contributed by atoms with Gasteiger partial charge in [0.1, 0.15) is 12.7 Å². The topological polar surface area (TPSA) is 153 Å². The summed E-state index contributed by atoms with van der Waals surface area (Å²) in [6.07, 6.45) is -3.65. The molecule has 1 aliphatic rings. The highest BCUT2D eigenvalue weighted by molar-refractivity contribution is 5.86. The van der Waals surface area contributed by atoms with E-state index in [-0.39, 0.29) is 5.76 Å². The Kier molecular flexibility index (Phi) is 9.93. The van der Waals surface area contributed by atoms with Crippen molar-refractivity contribution in [1.82, 2.24) is 5.32 Å². The summed E-state index contributed by atoms with van der Waals surface area (Å²) in [5, 5.41) is 2.88. The number of ether oxygens (including phenoxy) is 6. The van der Waals surface area contributed by atoms with Crippen LogP contribution in [0.1, 0.15) is 27.7 Å². The van der Waals surface area contributed by atoms with Crippen LogP contribution in [0.25, 0.3) is 0 Å². The summed E-state index contributed by atoms with van der Waals surface area (Å²) in [4.78, 5) is 58.4. The van der Waals surface area contributed by atoms with Gasteiger partial charge in [-0.15, -0.1) is 0 Å². The Bertz CT molecular complexity index is 732. The number of hydrogen-bond donors (Lipinski definition) is 1. The average Bonchev–Trinajstić information content (AvgIpc) is 2.67. The van der Waals surface area contributed by atoms with Crippen molar-refractivity contribution in [3.63, 3.8) is 0 Å². The van der Waals surface area contributed by atoms with Crippen LogP contribution in [0.2, 0.25) is 0 Å². The zero-order valence-corrected chi connectivity index (χ0v) is 18.2. The molecule has 1 rings (SSSR count). The summed E-state index contributed by atoms with van der Waals surface area (Å²) < 4.78 is 31.1. The minimum Gasteiger partial charge on any atom is -0.477 e. The van der Waals surface area contributed by atoms with Gasteiger partial charge in [0, 0.05) is 33.8 Å². The molecule has 0 saturated heterocycles. The molecule has 31 heavy (non-hydrogen) atoms. The first kappa shape index (κ1) is 25.9. The lowest BCUT2D eigenvalue weighted by molar-refractivity contribution is -0.191. The molecule has 0 bridgehead atoms. The molecule has 12 heteroatoms. The highest BCUT2D eigenvalue weighted by atomic mass is 16.6. The monoisotopic (exact) mass is 445 g/mol. The first-order chi connectivity index (χ1) is 14.5. The van der Waals surface area contributed by atoms with Crippen LogP contribution in [0.5, 0.6) is 0 Å². The van der Waals surface area contributed by atoms with E-state index in [1.54, 1.807) is 0 Å². The second-order valence-electron chi connectivity index (χ2n) is 6.52. The van der Waals surface area contributed by atoms with E-state index >= 15 is 0 Å². The van der Waals surface area contributed by atoms with Gasteiger partial charge in [0.25, 0.3) is 0 Å². The quantitative estimate of drug-likeness (QED) is 0.356. The normalized spacial score (nSPS) is 22.0. The minimum atomic E-state index is -1.36. The second-order valence-corrected chi connectivity index (χ2v) is 6.52. The molecule has 0 aliphatic carbocycles. The van der Waals surface area contributed by atoms with E-state index in [1.165, 1.54) is 20.0 Å². The molecule has 0 radical (unpaired) electrons. The smallest absolute Gasteiger partial charge is 0.373 e. The molecule has 174 valence electrons. The van der Waals surface area contributed by atoms with Crippen LogP contribution >= 0.6 is 0 Å². The standard InChI is InChI=1S/C19H27NO11/c1-9(21)27-8-15(29-11(3)23)17(30-12(4)24)18-16(20-5)13(28-10(2)22)7-14(31-18)19(25)26-6/h7,13,15-18,20H,8H2,1-6H3. The maximum Gasteiger partial charge on any atom is 0.373 e. The van der Waals surface area contributed by atoms with Crippen molar-refractivity contribution in [2.24, 2.45) is 0 Å². The summed E-state index contributed by atoms with van der Waals surface area (Å²) in [6.45, 7) is 4.09. The second kappa shape index (κ2) is 11.9. The highest BCUT2D eigenvalue weighted by Gasteiger charge is 2.48. The number of methoxy groups -OCH3 is 1. The Hall–Kier alpha value is -3.15. The van der Waals surface area contributed by atoms with E-state index in [4.69, 9.17) is 23.7 Å². The van der Waals surface area contributed by atoms with Gasteiger partial charge in [-0.1, -0.05) is 0 Å². The van der Waals surface area contributed by atoms with Gasteiger partial charge in [-0.05, 0) is 7.05 Å². The van der Waals surface area contributed by atoms with E-state index in [1.807, 2.05) is 0 Å². The molecule has 12 nitrogen and oxygen atoms in total. The van der Waals surface area contributed by atoms with E-state index in [0.717, 1.165) is 27.9 Å². The predicted molar refractivity (Wildman–Crippen MR) is 101 cm³/mol. The molecule has 0 aromatic rings. The van der Waals surface area contributed by atoms with Crippen LogP contribution in [0, 0.1) is 0 Å². The Morgan fingerprint density at radius 2 is 1.61 bits per heavy atom. The van der Waals surface area contributed by atoms with E-state index in [9.17, 15) is 24.0 Å². The third-order valence-corrected chi connectivity index (χ3v) is 4.07. The van der Waals surface area contributed by atoms with Gasteiger partial charge in [-0.25, -0.2) is 4.79 Å². The average molecular weight is 445 g/mol. The summed E-state index contributed by atoms with van der Waals surface area (Å²) in [7, 11) is 2.64. The highest BCUT2D eigenvalue weighted by Crippen LogP contribution is 2.28. The van der Waals surface area contributed by atoms with Crippen molar-refractivity contribution in [2.75, 3.05) is 20.8 Å². The van der Waals surface area contributed by atoms with Crippen molar-refractivity contribution in [3.8, 4) is 0 Å². The summed E-state index contributed by atoms with van der Waals surface area (Å²) in [6, 6.07) is -0.850. The van der Waals surface area contributed by atoms with Crippen LogP contribution in [0.15, 0.2) is 11.8 Å². The number of carbonyl (C=O) groups is 5.